The van der Waals surface area contributed by atoms with Gasteiger partial charge in [-0.15, -0.1) is 0 Å². The third kappa shape index (κ3) is 9.47. The smallest absolute Gasteiger partial charge is 0.242 e. The number of carbonyl (C=O) groups excluding carboxylic acids is 2. The summed E-state index contributed by atoms with van der Waals surface area (Å²) in [5, 5.41) is 5.36. The minimum Gasteiger partial charge on any atom is -0.357 e. The number of rotatable bonds is 11. The standard InChI is InChI=1S/C14H29N3O2/c1-3-4-5-6-7-10-13(18)17-12(9-8-11-15)14(19)16-2/h12H,3-11,15H2,1-2H3,(H,16,19)(H,17,18). The van der Waals surface area contributed by atoms with Crippen LogP contribution in [-0.2, 0) is 9.59 Å². The lowest BCUT2D eigenvalue weighted by Gasteiger charge is -2.16. The Labute approximate surface area is 116 Å². The van der Waals surface area contributed by atoms with E-state index in [1.807, 2.05) is 0 Å². The molecule has 0 aliphatic rings. The zero-order valence-corrected chi connectivity index (χ0v) is 12.3. The summed E-state index contributed by atoms with van der Waals surface area (Å²) in [6, 6.07) is -0.448. The van der Waals surface area contributed by atoms with Gasteiger partial charge >= 0.3 is 0 Å². The highest BCUT2D eigenvalue weighted by molar-refractivity contribution is 5.87. The molecule has 0 heterocycles. The predicted molar refractivity (Wildman–Crippen MR) is 77.7 cm³/mol. The van der Waals surface area contributed by atoms with Gasteiger partial charge in [-0.1, -0.05) is 32.6 Å². The number of unbranched alkanes of at least 4 members (excludes halogenated alkanes) is 4. The summed E-state index contributed by atoms with van der Waals surface area (Å²) >= 11 is 0. The molecule has 0 saturated heterocycles. The molecule has 5 heteroatoms. The van der Waals surface area contributed by atoms with Gasteiger partial charge in [-0.2, -0.15) is 0 Å². The minimum absolute atomic E-state index is 0.0397. The van der Waals surface area contributed by atoms with E-state index < -0.39 is 6.04 Å². The first-order valence-corrected chi connectivity index (χ1v) is 7.36. The number of likely N-dealkylation sites (N-methyl/N-ethyl adjacent to an activating group) is 1. The maximum absolute atomic E-state index is 11.7. The molecule has 0 saturated carbocycles. The molecule has 1 atom stereocenters. The highest BCUT2D eigenvalue weighted by Crippen LogP contribution is 2.05. The second kappa shape index (κ2) is 12.0. The molecule has 2 amide bonds. The fourth-order valence-electron chi connectivity index (χ4n) is 1.92. The Kier molecular flexibility index (Phi) is 11.3. The molecule has 0 bridgehead atoms. The van der Waals surface area contributed by atoms with Crippen LogP contribution >= 0.6 is 0 Å². The summed E-state index contributed by atoms with van der Waals surface area (Å²) in [4.78, 5) is 23.3. The number of hydrogen-bond acceptors (Lipinski definition) is 3. The van der Waals surface area contributed by atoms with Crippen LogP contribution in [0.1, 0.15) is 58.3 Å². The van der Waals surface area contributed by atoms with E-state index in [-0.39, 0.29) is 11.8 Å². The van der Waals surface area contributed by atoms with Crippen molar-refractivity contribution in [3.63, 3.8) is 0 Å². The molecule has 0 aromatic carbocycles. The van der Waals surface area contributed by atoms with Crippen molar-refractivity contribution >= 4 is 11.8 Å². The fraction of sp³-hybridized carbons (Fsp3) is 0.857. The van der Waals surface area contributed by atoms with Crippen molar-refractivity contribution in [2.45, 2.75) is 64.3 Å². The third-order valence-corrected chi connectivity index (χ3v) is 3.10. The van der Waals surface area contributed by atoms with Crippen molar-refractivity contribution in [3.8, 4) is 0 Å². The van der Waals surface area contributed by atoms with Gasteiger partial charge in [0.25, 0.3) is 0 Å². The third-order valence-electron chi connectivity index (χ3n) is 3.10. The highest BCUT2D eigenvalue weighted by atomic mass is 16.2. The summed E-state index contributed by atoms with van der Waals surface area (Å²) in [6.07, 6.45) is 7.39. The van der Waals surface area contributed by atoms with E-state index in [1.54, 1.807) is 7.05 Å². The Hall–Kier alpha value is -1.10. The summed E-state index contributed by atoms with van der Waals surface area (Å²) in [5.74, 6) is -0.185. The van der Waals surface area contributed by atoms with E-state index in [2.05, 4.69) is 17.6 Å². The van der Waals surface area contributed by atoms with Crippen LogP contribution in [0.4, 0.5) is 0 Å². The average molecular weight is 271 g/mol. The van der Waals surface area contributed by atoms with E-state index >= 15 is 0 Å². The molecular weight excluding hydrogens is 242 g/mol. The van der Waals surface area contributed by atoms with Gasteiger partial charge in [-0.25, -0.2) is 0 Å². The zero-order valence-electron chi connectivity index (χ0n) is 12.3. The van der Waals surface area contributed by atoms with Crippen molar-refractivity contribution in [1.29, 1.82) is 0 Å². The highest BCUT2D eigenvalue weighted by Gasteiger charge is 2.18. The van der Waals surface area contributed by atoms with E-state index in [0.29, 0.717) is 19.4 Å². The minimum atomic E-state index is -0.448. The molecule has 0 rings (SSSR count). The van der Waals surface area contributed by atoms with Crippen LogP contribution in [-0.4, -0.2) is 31.4 Å². The van der Waals surface area contributed by atoms with Crippen molar-refractivity contribution < 1.29 is 9.59 Å². The van der Waals surface area contributed by atoms with E-state index in [0.717, 1.165) is 19.3 Å². The average Bonchev–Trinajstić information content (AvgIpc) is 2.42. The topological polar surface area (TPSA) is 84.2 Å². The molecular formula is C14H29N3O2. The maximum Gasteiger partial charge on any atom is 0.242 e. The summed E-state index contributed by atoms with van der Waals surface area (Å²) in [7, 11) is 1.58. The van der Waals surface area contributed by atoms with Gasteiger partial charge in [0.15, 0.2) is 0 Å². The summed E-state index contributed by atoms with van der Waals surface area (Å²) < 4.78 is 0. The Bertz CT molecular complexity index is 257. The van der Waals surface area contributed by atoms with E-state index in [9.17, 15) is 9.59 Å². The monoisotopic (exact) mass is 271 g/mol. The van der Waals surface area contributed by atoms with Crippen LogP contribution in [0, 0.1) is 0 Å². The Balaban J connectivity index is 3.91. The Morgan fingerprint density at radius 2 is 1.79 bits per heavy atom. The number of nitrogens with one attached hydrogen (secondary N) is 2. The van der Waals surface area contributed by atoms with Gasteiger partial charge in [0.1, 0.15) is 6.04 Å². The van der Waals surface area contributed by atoms with Gasteiger partial charge in [0.2, 0.25) is 11.8 Å². The van der Waals surface area contributed by atoms with Crippen molar-refractivity contribution in [2.24, 2.45) is 5.73 Å². The lowest BCUT2D eigenvalue weighted by Crippen LogP contribution is -2.45. The quantitative estimate of drug-likeness (QED) is 0.495. The van der Waals surface area contributed by atoms with Crippen molar-refractivity contribution in [2.75, 3.05) is 13.6 Å². The molecule has 1 unspecified atom stereocenters. The second-order valence-electron chi connectivity index (χ2n) is 4.83. The van der Waals surface area contributed by atoms with Gasteiger partial charge in [-0.05, 0) is 25.8 Å². The summed E-state index contributed by atoms with van der Waals surface area (Å²) in [6.45, 7) is 2.69. The second-order valence-corrected chi connectivity index (χ2v) is 4.83. The SMILES string of the molecule is CCCCCCCC(=O)NC(CCCN)C(=O)NC. The van der Waals surface area contributed by atoms with Crippen LogP contribution in [0.15, 0.2) is 0 Å². The van der Waals surface area contributed by atoms with Crippen molar-refractivity contribution in [1.82, 2.24) is 10.6 Å². The number of nitrogens with two attached hydrogens (primary N) is 1. The van der Waals surface area contributed by atoms with Crippen LogP contribution in [0.3, 0.4) is 0 Å². The van der Waals surface area contributed by atoms with Crippen LogP contribution in [0.5, 0.6) is 0 Å². The first-order valence-electron chi connectivity index (χ1n) is 7.36. The largest absolute Gasteiger partial charge is 0.357 e. The number of amides is 2. The maximum atomic E-state index is 11.7. The van der Waals surface area contributed by atoms with E-state index in [4.69, 9.17) is 5.73 Å². The number of carbonyl (C=O) groups is 2. The molecule has 0 aliphatic carbocycles. The van der Waals surface area contributed by atoms with Gasteiger partial charge in [0, 0.05) is 13.5 Å². The Morgan fingerprint density at radius 3 is 2.37 bits per heavy atom. The lowest BCUT2D eigenvalue weighted by atomic mass is 10.1. The summed E-state index contributed by atoms with van der Waals surface area (Å²) in [5.41, 5.74) is 5.43. The van der Waals surface area contributed by atoms with Crippen LogP contribution in [0.25, 0.3) is 0 Å². The lowest BCUT2D eigenvalue weighted by molar-refractivity contribution is -0.129. The predicted octanol–water partition coefficient (Wildman–Crippen LogP) is 1.32. The fourth-order valence-corrected chi connectivity index (χ4v) is 1.92. The molecule has 0 spiro atoms. The van der Waals surface area contributed by atoms with Gasteiger partial charge < -0.3 is 16.4 Å². The molecule has 0 aromatic heterocycles. The molecule has 0 radical (unpaired) electrons. The molecule has 0 fully saturated rings. The molecule has 0 aromatic rings. The van der Waals surface area contributed by atoms with Gasteiger partial charge in [0.05, 0.1) is 0 Å². The molecule has 4 N–H and O–H groups in total. The normalized spacial score (nSPS) is 11.9. The first kappa shape index (κ1) is 17.9. The first-order chi connectivity index (χ1) is 9.15. The molecule has 112 valence electrons. The van der Waals surface area contributed by atoms with E-state index in [1.165, 1.54) is 19.3 Å². The molecule has 5 nitrogen and oxygen atoms in total. The molecule has 19 heavy (non-hydrogen) atoms. The zero-order chi connectivity index (χ0) is 14.5. The van der Waals surface area contributed by atoms with Crippen LogP contribution in [0.2, 0.25) is 0 Å². The van der Waals surface area contributed by atoms with Gasteiger partial charge in [-0.3, -0.25) is 9.59 Å². The Morgan fingerprint density at radius 1 is 1.11 bits per heavy atom. The molecule has 0 aliphatic heterocycles. The van der Waals surface area contributed by atoms with Crippen molar-refractivity contribution in [3.05, 3.63) is 0 Å². The van der Waals surface area contributed by atoms with Crippen LogP contribution < -0.4 is 16.4 Å². The number of hydrogen-bond donors (Lipinski definition) is 3.